The Balaban J connectivity index is 1.91. The van der Waals surface area contributed by atoms with Gasteiger partial charge in [0.1, 0.15) is 10.8 Å². The van der Waals surface area contributed by atoms with Gasteiger partial charge in [0, 0.05) is 13.1 Å². The van der Waals surface area contributed by atoms with Crippen molar-refractivity contribution in [2.75, 3.05) is 22.9 Å². The van der Waals surface area contributed by atoms with Crippen LogP contribution in [0.3, 0.4) is 0 Å². The summed E-state index contributed by atoms with van der Waals surface area (Å²) in [6.45, 7) is 6.43. The number of aryl methyl sites for hydroxylation is 1. The van der Waals surface area contributed by atoms with Crippen molar-refractivity contribution < 1.29 is 4.79 Å². The highest BCUT2D eigenvalue weighted by Crippen LogP contribution is 2.24. The number of benzene rings is 1. The van der Waals surface area contributed by atoms with Gasteiger partial charge in [0.25, 0.3) is 5.56 Å². The summed E-state index contributed by atoms with van der Waals surface area (Å²) in [7, 11) is 0. The molecule has 0 aliphatic carbocycles. The second-order valence-electron chi connectivity index (χ2n) is 7.44. The van der Waals surface area contributed by atoms with Crippen molar-refractivity contribution in [3.05, 3.63) is 50.8 Å². The summed E-state index contributed by atoms with van der Waals surface area (Å²) >= 11 is 1.27. The van der Waals surface area contributed by atoms with E-state index in [4.69, 9.17) is 5.73 Å². The van der Waals surface area contributed by atoms with Gasteiger partial charge in [-0.2, -0.15) is 0 Å². The van der Waals surface area contributed by atoms with Crippen LogP contribution in [0.5, 0.6) is 0 Å². The van der Waals surface area contributed by atoms with Gasteiger partial charge in [-0.15, -0.1) is 0 Å². The first kappa shape index (κ1) is 23.5. The Morgan fingerprint density at radius 3 is 2.50 bits per heavy atom. The summed E-state index contributed by atoms with van der Waals surface area (Å²) in [5.41, 5.74) is 7.27. The molecule has 2 aromatic heterocycles. The van der Waals surface area contributed by atoms with Gasteiger partial charge < -0.3 is 10.6 Å². The molecule has 9 nitrogen and oxygen atoms in total. The summed E-state index contributed by atoms with van der Waals surface area (Å²) in [6.07, 6.45) is 2.18. The van der Waals surface area contributed by atoms with E-state index in [9.17, 15) is 14.4 Å². The summed E-state index contributed by atoms with van der Waals surface area (Å²) in [5, 5.41) is 0.658. The predicted molar refractivity (Wildman–Crippen MR) is 128 cm³/mol. The van der Waals surface area contributed by atoms with Crippen LogP contribution in [0, 0.1) is 6.92 Å². The number of nitrogens with two attached hydrogens (primary N) is 1. The maximum absolute atomic E-state index is 13.2. The number of nitrogens with one attached hydrogen (secondary N) is 1. The number of nitrogen functional groups attached to an aromatic ring is 1. The molecule has 170 valence electrons. The standard InChI is InChI=1S/C22H28N6O3S/c1-4-6-12-27(18-19(23)28(11-5-2)22(31)26-20(18)30)17(29)13-32-21-14(3)24-15-9-7-8-10-16(15)25-21/h7-10H,4-6,11-13,23H2,1-3H3,(H,26,30,31). The Labute approximate surface area is 190 Å². The number of unbranched alkanes of at least 4 members (excludes halogenated alkanes) is 1. The largest absolute Gasteiger partial charge is 0.383 e. The highest BCUT2D eigenvalue weighted by Gasteiger charge is 2.24. The van der Waals surface area contributed by atoms with Gasteiger partial charge in [0.15, 0.2) is 5.69 Å². The number of carbonyl (C=O) groups excluding carboxylic acids is 1. The zero-order chi connectivity index (χ0) is 23.3. The second kappa shape index (κ2) is 10.4. The van der Waals surface area contributed by atoms with Crippen LogP contribution >= 0.6 is 11.8 Å². The summed E-state index contributed by atoms with van der Waals surface area (Å²) in [4.78, 5) is 50.9. The van der Waals surface area contributed by atoms with Crippen molar-refractivity contribution in [3.63, 3.8) is 0 Å². The number of fused-ring (bicyclic) bond motifs is 1. The third kappa shape index (κ3) is 5.01. The van der Waals surface area contributed by atoms with E-state index in [1.54, 1.807) is 0 Å². The Bertz CT molecular complexity index is 1240. The molecule has 10 heteroatoms. The number of aromatic amines is 1. The molecule has 0 bridgehead atoms. The lowest BCUT2D eigenvalue weighted by atomic mass is 10.2. The van der Waals surface area contributed by atoms with Crippen LogP contribution in [0.2, 0.25) is 0 Å². The lowest BCUT2D eigenvalue weighted by Gasteiger charge is -2.24. The van der Waals surface area contributed by atoms with Crippen LogP contribution in [-0.4, -0.2) is 37.7 Å². The summed E-state index contributed by atoms with van der Waals surface area (Å²) < 4.78 is 1.30. The molecule has 2 heterocycles. The molecule has 0 aliphatic rings. The first-order valence-electron chi connectivity index (χ1n) is 10.7. The number of para-hydroxylation sites is 2. The number of hydrogen-bond donors (Lipinski definition) is 2. The maximum Gasteiger partial charge on any atom is 0.330 e. The van der Waals surface area contributed by atoms with E-state index in [0.717, 1.165) is 23.1 Å². The lowest BCUT2D eigenvalue weighted by molar-refractivity contribution is -0.116. The minimum absolute atomic E-state index is 0.0109. The van der Waals surface area contributed by atoms with Gasteiger partial charge in [0.05, 0.1) is 22.5 Å². The molecular weight excluding hydrogens is 428 g/mol. The third-order valence-corrected chi connectivity index (χ3v) is 6.05. The average molecular weight is 457 g/mol. The zero-order valence-corrected chi connectivity index (χ0v) is 19.4. The molecule has 3 aromatic rings. The Morgan fingerprint density at radius 2 is 1.84 bits per heavy atom. The highest BCUT2D eigenvalue weighted by molar-refractivity contribution is 8.00. The van der Waals surface area contributed by atoms with E-state index in [1.165, 1.54) is 21.2 Å². The number of anilines is 2. The second-order valence-corrected chi connectivity index (χ2v) is 8.40. The number of carbonyl (C=O) groups is 1. The van der Waals surface area contributed by atoms with Crippen molar-refractivity contribution in [2.24, 2.45) is 0 Å². The summed E-state index contributed by atoms with van der Waals surface area (Å²) in [5.74, 6) is -0.211. The molecule has 0 radical (unpaired) electrons. The van der Waals surface area contributed by atoms with E-state index in [2.05, 4.69) is 15.0 Å². The van der Waals surface area contributed by atoms with Crippen LogP contribution in [0.4, 0.5) is 11.5 Å². The minimum Gasteiger partial charge on any atom is -0.383 e. The topological polar surface area (TPSA) is 127 Å². The molecule has 1 aromatic carbocycles. The molecule has 0 saturated heterocycles. The van der Waals surface area contributed by atoms with E-state index >= 15 is 0 Å². The number of rotatable bonds is 9. The van der Waals surface area contributed by atoms with Crippen LogP contribution in [0.1, 0.15) is 38.8 Å². The number of amides is 1. The zero-order valence-electron chi connectivity index (χ0n) is 18.6. The van der Waals surface area contributed by atoms with Crippen LogP contribution in [0.15, 0.2) is 38.9 Å². The fraction of sp³-hybridized carbons (Fsp3) is 0.409. The van der Waals surface area contributed by atoms with Gasteiger partial charge in [0.2, 0.25) is 5.91 Å². The monoisotopic (exact) mass is 456 g/mol. The van der Waals surface area contributed by atoms with Gasteiger partial charge in [-0.3, -0.25) is 19.1 Å². The van der Waals surface area contributed by atoms with E-state index in [0.29, 0.717) is 31.0 Å². The number of H-pyrrole nitrogens is 1. The highest BCUT2D eigenvalue weighted by atomic mass is 32.2. The molecule has 0 spiro atoms. The predicted octanol–water partition coefficient (Wildman–Crippen LogP) is 2.71. The van der Waals surface area contributed by atoms with E-state index < -0.39 is 11.2 Å². The molecule has 32 heavy (non-hydrogen) atoms. The number of aromatic nitrogens is 4. The van der Waals surface area contributed by atoms with Gasteiger partial charge >= 0.3 is 5.69 Å². The Hall–Kier alpha value is -3.14. The van der Waals surface area contributed by atoms with Crippen LogP contribution < -0.4 is 21.9 Å². The van der Waals surface area contributed by atoms with Crippen molar-refractivity contribution in [1.29, 1.82) is 0 Å². The van der Waals surface area contributed by atoms with Crippen molar-refractivity contribution in [2.45, 2.75) is 51.6 Å². The van der Waals surface area contributed by atoms with E-state index in [-0.39, 0.29) is 23.2 Å². The first-order valence-corrected chi connectivity index (χ1v) is 11.6. The molecular formula is C22H28N6O3S. The Morgan fingerprint density at radius 1 is 1.16 bits per heavy atom. The minimum atomic E-state index is -0.656. The fourth-order valence-corrected chi connectivity index (χ4v) is 4.21. The normalized spacial score (nSPS) is 11.1. The van der Waals surface area contributed by atoms with Crippen LogP contribution in [-0.2, 0) is 11.3 Å². The number of hydrogen-bond acceptors (Lipinski definition) is 7. The molecule has 0 saturated carbocycles. The quantitative estimate of drug-likeness (QED) is 0.474. The van der Waals surface area contributed by atoms with Crippen molar-refractivity contribution >= 4 is 40.2 Å². The Kier molecular flexibility index (Phi) is 7.68. The van der Waals surface area contributed by atoms with Gasteiger partial charge in [-0.25, -0.2) is 14.8 Å². The third-order valence-electron chi connectivity index (χ3n) is 5.00. The molecule has 3 rings (SSSR count). The smallest absolute Gasteiger partial charge is 0.330 e. The lowest BCUT2D eigenvalue weighted by Crippen LogP contribution is -2.42. The van der Waals surface area contributed by atoms with Crippen molar-refractivity contribution in [3.8, 4) is 0 Å². The summed E-state index contributed by atoms with van der Waals surface area (Å²) in [6, 6.07) is 7.55. The maximum atomic E-state index is 13.2. The average Bonchev–Trinajstić information content (AvgIpc) is 2.77. The fourth-order valence-electron chi connectivity index (χ4n) is 3.38. The first-order chi connectivity index (χ1) is 15.4. The van der Waals surface area contributed by atoms with Gasteiger partial charge in [-0.1, -0.05) is 44.2 Å². The molecule has 0 unspecified atom stereocenters. The van der Waals surface area contributed by atoms with Gasteiger partial charge in [-0.05, 0) is 31.9 Å². The van der Waals surface area contributed by atoms with Crippen LogP contribution in [0.25, 0.3) is 11.0 Å². The molecule has 3 N–H and O–H groups in total. The molecule has 0 fully saturated rings. The molecule has 0 aliphatic heterocycles. The molecule has 0 atom stereocenters. The molecule has 1 amide bonds. The number of thioether (sulfide) groups is 1. The SMILES string of the molecule is CCCCN(C(=O)CSc1nc2ccccc2nc1C)c1c(N)n(CCC)c(=O)[nH]c1=O. The number of nitrogens with zero attached hydrogens (tertiary/aromatic N) is 4. The van der Waals surface area contributed by atoms with Crippen molar-refractivity contribution in [1.82, 2.24) is 19.5 Å². The van der Waals surface area contributed by atoms with E-state index in [1.807, 2.05) is 45.0 Å².